The van der Waals surface area contributed by atoms with Gasteiger partial charge in [0.2, 0.25) is 17.8 Å². The Kier molecular flexibility index (Phi) is 6.20. The molecule has 0 atom stereocenters. The van der Waals surface area contributed by atoms with Crippen LogP contribution in [0.1, 0.15) is 33.1 Å². The van der Waals surface area contributed by atoms with Crippen LogP contribution in [-0.2, 0) is 9.59 Å². The standard InChI is InChI=1S/C22H28N8O2/c1-4-18(32)29(3)17-7-5-15(6-8-17)26-22-27-20-19(23-13-24-20)21(28-22)30-11-9-16(10-12-30)25-14(2)31/h5-8,13,16H,4,9-12H2,1-3H3,(H,25,31)(H2,23,24,26,27,28). The lowest BCUT2D eigenvalue weighted by atomic mass is 10.1. The number of fused-ring (bicyclic) bond motifs is 1. The van der Waals surface area contributed by atoms with Crippen molar-refractivity contribution in [1.29, 1.82) is 0 Å². The Hall–Kier alpha value is -3.69. The van der Waals surface area contributed by atoms with E-state index in [4.69, 9.17) is 4.98 Å². The van der Waals surface area contributed by atoms with Crippen LogP contribution >= 0.6 is 0 Å². The van der Waals surface area contributed by atoms with Gasteiger partial charge in [-0.3, -0.25) is 9.59 Å². The molecule has 32 heavy (non-hydrogen) atoms. The first-order valence-electron chi connectivity index (χ1n) is 10.8. The molecule has 168 valence electrons. The van der Waals surface area contributed by atoms with Crippen molar-refractivity contribution in [2.24, 2.45) is 0 Å². The molecule has 0 unspecified atom stereocenters. The van der Waals surface area contributed by atoms with Crippen LogP contribution in [-0.4, -0.2) is 57.9 Å². The summed E-state index contributed by atoms with van der Waals surface area (Å²) in [5.41, 5.74) is 3.03. The summed E-state index contributed by atoms with van der Waals surface area (Å²) >= 11 is 0. The summed E-state index contributed by atoms with van der Waals surface area (Å²) in [7, 11) is 1.77. The maximum Gasteiger partial charge on any atom is 0.231 e. The lowest BCUT2D eigenvalue weighted by Crippen LogP contribution is -2.44. The second kappa shape index (κ2) is 9.21. The van der Waals surface area contributed by atoms with E-state index in [9.17, 15) is 9.59 Å². The van der Waals surface area contributed by atoms with Crippen LogP contribution in [0.25, 0.3) is 11.2 Å². The van der Waals surface area contributed by atoms with Crippen molar-refractivity contribution < 1.29 is 9.59 Å². The van der Waals surface area contributed by atoms with Gasteiger partial charge in [0.05, 0.1) is 6.33 Å². The fourth-order valence-electron chi connectivity index (χ4n) is 3.90. The number of rotatable bonds is 6. The largest absolute Gasteiger partial charge is 0.355 e. The van der Waals surface area contributed by atoms with Gasteiger partial charge < -0.3 is 25.4 Å². The van der Waals surface area contributed by atoms with Crippen molar-refractivity contribution in [3.8, 4) is 0 Å². The van der Waals surface area contributed by atoms with Gasteiger partial charge in [0.15, 0.2) is 11.5 Å². The van der Waals surface area contributed by atoms with Crippen molar-refractivity contribution in [1.82, 2.24) is 25.3 Å². The number of hydrogen-bond acceptors (Lipinski definition) is 7. The van der Waals surface area contributed by atoms with Crippen LogP contribution < -0.4 is 20.4 Å². The molecule has 1 saturated heterocycles. The minimum absolute atomic E-state index is 0.00389. The fourth-order valence-corrected chi connectivity index (χ4v) is 3.90. The van der Waals surface area contributed by atoms with E-state index in [1.807, 2.05) is 31.2 Å². The zero-order valence-corrected chi connectivity index (χ0v) is 18.6. The summed E-state index contributed by atoms with van der Waals surface area (Å²) < 4.78 is 0. The summed E-state index contributed by atoms with van der Waals surface area (Å²) in [4.78, 5) is 43.8. The molecular formula is C22H28N8O2. The highest BCUT2D eigenvalue weighted by atomic mass is 16.2. The molecule has 1 aliphatic heterocycles. The Bertz CT molecular complexity index is 1100. The quantitative estimate of drug-likeness (QED) is 0.543. The third-order valence-corrected chi connectivity index (χ3v) is 5.66. The van der Waals surface area contributed by atoms with Gasteiger partial charge in [0, 0.05) is 50.9 Å². The number of amides is 2. The highest BCUT2D eigenvalue weighted by molar-refractivity contribution is 5.92. The van der Waals surface area contributed by atoms with Gasteiger partial charge in [-0.15, -0.1) is 0 Å². The normalized spacial score (nSPS) is 14.4. The van der Waals surface area contributed by atoms with E-state index in [0.29, 0.717) is 18.0 Å². The van der Waals surface area contributed by atoms with Crippen molar-refractivity contribution in [2.75, 3.05) is 35.3 Å². The van der Waals surface area contributed by atoms with E-state index in [0.717, 1.165) is 48.6 Å². The average molecular weight is 437 g/mol. The van der Waals surface area contributed by atoms with E-state index < -0.39 is 0 Å². The number of H-pyrrole nitrogens is 1. The van der Waals surface area contributed by atoms with Crippen LogP contribution in [0.3, 0.4) is 0 Å². The highest BCUT2D eigenvalue weighted by Gasteiger charge is 2.23. The van der Waals surface area contributed by atoms with Gasteiger partial charge in [0.25, 0.3) is 0 Å². The van der Waals surface area contributed by atoms with E-state index in [2.05, 4.69) is 30.5 Å². The molecule has 10 nitrogen and oxygen atoms in total. The molecule has 0 bridgehead atoms. The second-order valence-electron chi connectivity index (χ2n) is 7.91. The molecule has 3 N–H and O–H groups in total. The number of carbonyl (C=O) groups excluding carboxylic acids is 2. The minimum Gasteiger partial charge on any atom is -0.355 e. The van der Waals surface area contributed by atoms with Gasteiger partial charge in [0.1, 0.15) is 5.52 Å². The van der Waals surface area contributed by atoms with Crippen LogP contribution in [0, 0.1) is 0 Å². The third kappa shape index (κ3) is 4.63. The number of aromatic nitrogens is 4. The maximum absolute atomic E-state index is 11.9. The Balaban J connectivity index is 1.52. The summed E-state index contributed by atoms with van der Waals surface area (Å²) in [5.74, 6) is 1.31. The first-order valence-corrected chi connectivity index (χ1v) is 10.8. The van der Waals surface area contributed by atoms with E-state index in [1.54, 1.807) is 25.2 Å². The monoisotopic (exact) mass is 436 g/mol. The molecule has 2 aromatic heterocycles. The summed E-state index contributed by atoms with van der Waals surface area (Å²) in [5, 5.41) is 6.24. The number of carbonyl (C=O) groups is 2. The molecule has 10 heteroatoms. The van der Waals surface area contributed by atoms with Crippen LogP contribution in [0.2, 0.25) is 0 Å². The van der Waals surface area contributed by atoms with Gasteiger partial charge in [-0.05, 0) is 37.1 Å². The Morgan fingerprint density at radius 2 is 1.91 bits per heavy atom. The molecule has 1 aromatic carbocycles. The van der Waals surface area contributed by atoms with Gasteiger partial charge >= 0.3 is 0 Å². The minimum atomic E-state index is 0.00389. The van der Waals surface area contributed by atoms with Crippen LogP contribution in [0.5, 0.6) is 0 Å². The Labute approximate surface area is 186 Å². The molecule has 0 saturated carbocycles. The molecule has 2 amide bonds. The van der Waals surface area contributed by atoms with Crippen molar-refractivity contribution in [3.63, 3.8) is 0 Å². The number of nitrogens with zero attached hydrogens (tertiary/aromatic N) is 5. The summed E-state index contributed by atoms with van der Waals surface area (Å²) in [6, 6.07) is 7.75. The van der Waals surface area contributed by atoms with E-state index >= 15 is 0 Å². The van der Waals surface area contributed by atoms with E-state index in [-0.39, 0.29) is 17.9 Å². The van der Waals surface area contributed by atoms with Gasteiger partial charge in [-0.2, -0.15) is 9.97 Å². The molecular weight excluding hydrogens is 408 g/mol. The zero-order chi connectivity index (χ0) is 22.7. The van der Waals surface area contributed by atoms with E-state index in [1.165, 1.54) is 0 Å². The number of aromatic amines is 1. The molecule has 0 aliphatic carbocycles. The summed E-state index contributed by atoms with van der Waals surface area (Å²) in [6.45, 7) is 4.95. The Morgan fingerprint density at radius 3 is 2.56 bits per heavy atom. The molecule has 3 aromatic rings. The second-order valence-corrected chi connectivity index (χ2v) is 7.91. The number of piperidine rings is 1. The van der Waals surface area contributed by atoms with Gasteiger partial charge in [-0.1, -0.05) is 6.92 Å². The van der Waals surface area contributed by atoms with Crippen molar-refractivity contribution in [2.45, 2.75) is 39.2 Å². The highest BCUT2D eigenvalue weighted by Crippen LogP contribution is 2.27. The zero-order valence-electron chi connectivity index (χ0n) is 18.6. The number of nitrogens with one attached hydrogen (secondary N) is 3. The number of hydrogen-bond donors (Lipinski definition) is 3. The van der Waals surface area contributed by atoms with Crippen molar-refractivity contribution >= 4 is 46.1 Å². The fraction of sp³-hybridized carbons (Fsp3) is 0.409. The predicted molar refractivity (Wildman–Crippen MR) is 124 cm³/mol. The molecule has 0 spiro atoms. The molecule has 0 radical (unpaired) electrons. The molecule has 1 fully saturated rings. The first-order chi connectivity index (χ1) is 15.4. The van der Waals surface area contributed by atoms with Crippen LogP contribution in [0.4, 0.5) is 23.1 Å². The molecule has 1 aliphatic rings. The number of anilines is 4. The topological polar surface area (TPSA) is 119 Å². The average Bonchev–Trinajstić information content (AvgIpc) is 3.27. The van der Waals surface area contributed by atoms with Crippen molar-refractivity contribution in [3.05, 3.63) is 30.6 Å². The predicted octanol–water partition coefficient (Wildman–Crippen LogP) is 2.57. The van der Waals surface area contributed by atoms with Crippen LogP contribution in [0.15, 0.2) is 30.6 Å². The molecule has 3 heterocycles. The lowest BCUT2D eigenvalue weighted by molar-refractivity contribution is -0.120. The Morgan fingerprint density at radius 1 is 1.19 bits per heavy atom. The summed E-state index contributed by atoms with van der Waals surface area (Å²) in [6.07, 6.45) is 3.78. The first kappa shape index (κ1) is 21.5. The number of imidazole rings is 1. The maximum atomic E-state index is 11.9. The smallest absolute Gasteiger partial charge is 0.231 e. The SMILES string of the molecule is CCC(=O)N(C)c1ccc(Nc2nc(N3CCC(NC(C)=O)CC3)c3[nH]cnc3n2)cc1. The number of benzene rings is 1. The third-order valence-electron chi connectivity index (χ3n) is 5.66. The van der Waals surface area contributed by atoms with Gasteiger partial charge in [-0.25, -0.2) is 4.98 Å². The lowest BCUT2D eigenvalue weighted by Gasteiger charge is -2.33. The molecule has 4 rings (SSSR count).